The molecule has 0 saturated heterocycles. The molecular weight excluding hydrogens is 120 g/mol. The molecule has 0 saturated carbocycles. The number of aromatic nitrogens is 2. The number of hydrogen-bond donors (Lipinski definition) is 0. The summed E-state index contributed by atoms with van der Waals surface area (Å²) in [6.07, 6.45) is 1.20. The van der Waals surface area contributed by atoms with Gasteiger partial charge in [-0.1, -0.05) is 0 Å². The van der Waals surface area contributed by atoms with Crippen LogP contribution in [0.5, 0.6) is 5.88 Å². The molecule has 0 aliphatic heterocycles. The molecule has 0 fully saturated rings. The van der Waals surface area contributed by atoms with Crippen molar-refractivity contribution in [2.75, 3.05) is 0 Å². The first-order valence-corrected chi connectivity index (χ1v) is 2.30. The van der Waals surface area contributed by atoms with Gasteiger partial charge >= 0.3 is 5.69 Å². The summed E-state index contributed by atoms with van der Waals surface area (Å²) < 4.78 is 1.09. The van der Waals surface area contributed by atoms with Gasteiger partial charge in [0, 0.05) is 7.05 Å². The minimum absolute atomic E-state index is 0.0301. The van der Waals surface area contributed by atoms with Gasteiger partial charge in [-0.05, 0) is 0 Å². The Morgan fingerprint density at radius 3 is 2.78 bits per heavy atom. The topological polar surface area (TPSA) is 69.0 Å². The van der Waals surface area contributed by atoms with Gasteiger partial charge in [0.25, 0.3) is 0 Å². The molecule has 0 spiro atoms. The Morgan fingerprint density at radius 1 is 1.89 bits per heavy atom. The molecule has 0 bridgehead atoms. The maximum Gasteiger partial charge on any atom is 0.415 e. The van der Waals surface area contributed by atoms with Crippen LogP contribution in [-0.2, 0) is 7.05 Å². The maximum absolute atomic E-state index is 10.6. The van der Waals surface area contributed by atoms with Crippen molar-refractivity contribution in [1.82, 2.24) is 9.78 Å². The van der Waals surface area contributed by atoms with Crippen LogP contribution in [0, 0.1) is 5.39 Å². The van der Waals surface area contributed by atoms with Crippen molar-refractivity contribution in [2.45, 2.75) is 0 Å². The van der Waals surface area contributed by atoms with Gasteiger partial charge in [0.05, 0.1) is 5.88 Å². The highest BCUT2D eigenvalue weighted by atomic mass is 16.3. The minimum Gasteiger partial charge on any atom is -0.853 e. The first kappa shape index (κ1) is 5.56. The molecule has 1 heterocycles. The molecule has 5 nitrogen and oxygen atoms in total. The molecule has 0 aliphatic rings. The highest BCUT2D eigenvalue weighted by Gasteiger charge is 2.08. The number of hydrogen-bond acceptors (Lipinski definition) is 3. The Labute approximate surface area is 51.2 Å². The monoisotopic (exact) mass is 124 g/mol. The average Bonchev–Trinajstić information content (AvgIpc) is 2.15. The Balaban J connectivity index is 3.24. The van der Waals surface area contributed by atoms with E-state index in [1.165, 1.54) is 13.2 Å². The van der Waals surface area contributed by atoms with Crippen molar-refractivity contribution in [1.29, 1.82) is 5.39 Å². The van der Waals surface area contributed by atoms with E-state index in [1.54, 1.807) is 0 Å². The molecule has 0 aliphatic carbocycles. The smallest absolute Gasteiger partial charge is 0.415 e. The number of aryl methyl sites for hydroxylation is 1. The van der Waals surface area contributed by atoms with Gasteiger partial charge < -0.3 is 5.11 Å². The van der Waals surface area contributed by atoms with E-state index < -0.39 is 5.88 Å². The van der Waals surface area contributed by atoms with Crippen LogP contribution < -0.4 is 5.11 Å². The van der Waals surface area contributed by atoms with Crippen LogP contribution in [0.4, 0.5) is 5.69 Å². The third kappa shape index (κ3) is 0.700. The second-order valence-electron chi connectivity index (χ2n) is 1.56. The normalized spacial score (nSPS) is 8.89. The highest BCUT2D eigenvalue weighted by Crippen LogP contribution is 2.20. The summed E-state index contributed by atoms with van der Waals surface area (Å²) in [5.74, 6) is -0.391. The second kappa shape index (κ2) is 1.74. The Kier molecular flexibility index (Phi) is 1.08. The zero-order chi connectivity index (χ0) is 6.85. The lowest BCUT2D eigenvalue weighted by Gasteiger charge is -1.97. The molecule has 1 aromatic rings. The molecule has 0 atom stereocenters. The van der Waals surface area contributed by atoms with E-state index >= 15 is 0 Å². The lowest BCUT2D eigenvalue weighted by molar-refractivity contribution is -0.277. The molecule has 0 unspecified atom stereocenters. The van der Waals surface area contributed by atoms with Crippen molar-refractivity contribution in [3.8, 4) is 5.88 Å². The summed E-state index contributed by atoms with van der Waals surface area (Å²) in [6.45, 7) is 0. The molecule has 1 rings (SSSR count). The van der Waals surface area contributed by atoms with E-state index in [2.05, 4.69) is 10.1 Å². The average molecular weight is 124 g/mol. The van der Waals surface area contributed by atoms with Gasteiger partial charge in [-0.3, -0.25) is 4.68 Å². The largest absolute Gasteiger partial charge is 0.853 e. The standard InChI is InChI=1S/C4H4N4O/c1-8-4(9)3(7-5)2-6-8/h2H,1H3. The molecule has 5 heteroatoms. The molecule has 1 aromatic heterocycles. The number of diazo groups is 1. The van der Waals surface area contributed by atoms with Crippen LogP contribution in [0.25, 0.3) is 4.98 Å². The van der Waals surface area contributed by atoms with Crippen molar-refractivity contribution in [3.63, 3.8) is 0 Å². The van der Waals surface area contributed by atoms with Crippen LogP contribution in [0.15, 0.2) is 6.20 Å². The summed E-state index contributed by atoms with van der Waals surface area (Å²) in [5.41, 5.74) is -0.0301. The van der Waals surface area contributed by atoms with Crippen molar-refractivity contribution in [3.05, 3.63) is 11.2 Å². The van der Waals surface area contributed by atoms with E-state index in [0.717, 1.165) is 4.68 Å². The zero-order valence-corrected chi connectivity index (χ0v) is 4.77. The molecule has 0 aromatic carbocycles. The summed E-state index contributed by atoms with van der Waals surface area (Å²) in [5, 5.41) is 22.3. The van der Waals surface area contributed by atoms with Crippen molar-refractivity contribution < 1.29 is 5.11 Å². The molecule has 0 radical (unpaired) electrons. The molecule has 0 N–H and O–H groups in total. The van der Waals surface area contributed by atoms with Gasteiger partial charge in [-0.15, -0.1) is 0 Å². The summed E-state index contributed by atoms with van der Waals surface area (Å²) >= 11 is 0. The summed E-state index contributed by atoms with van der Waals surface area (Å²) in [4.78, 5) is 2.70. The van der Waals surface area contributed by atoms with Crippen molar-refractivity contribution in [2.24, 2.45) is 7.05 Å². The lowest BCUT2D eigenvalue weighted by atomic mass is 10.6. The number of nitrogens with zero attached hydrogens (tertiary/aromatic N) is 4. The van der Waals surface area contributed by atoms with Gasteiger partial charge in [0.15, 0.2) is 4.98 Å². The van der Waals surface area contributed by atoms with E-state index in [-0.39, 0.29) is 5.69 Å². The van der Waals surface area contributed by atoms with Crippen LogP contribution in [0.1, 0.15) is 0 Å². The van der Waals surface area contributed by atoms with Gasteiger partial charge in [0.2, 0.25) is 5.39 Å². The third-order valence-electron chi connectivity index (χ3n) is 0.974. The van der Waals surface area contributed by atoms with Crippen LogP contribution >= 0.6 is 0 Å². The van der Waals surface area contributed by atoms with E-state index in [4.69, 9.17) is 5.39 Å². The Morgan fingerprint density at radius 2 is 2.56 bits per heavy atom. The SMILES string of the molecule is Cn1ncc([N+]#N)c1[O-]. The summed E-state index contributed by atoms with van der Waals surface area (Å²) in [7, 11) is 1.48. The third-order valence-corrected chi connectivity index (χ3v) is 0.974. The maximum atomic E-state index is 10.6. The lowest BCUT2D eigenvalue weighted by Crippen LogP contribution is -1.99. The predicted octanol–water partition coefficient (Wildman–Crippen LogP) is -0.0217. The quantitative estimate of drug-likeness (QED) is 0.456. The fourth-order valence-electron chi connectivity index (χ4n) is 0.483. The number of rotatable bonds is 0. The van der Waals surface area contributed by atoms with Crippen LogP contribution in [-0.4, -0.2) is 9.78 Å². The Hall–Kier alpha value is -1.57. The van der Waals surface area contributed by atoms with Gasteiger partial charge in [0.1, 0.15) is 6.20 Å². The molecule has 46 valence electrons. The fraction of sp³-hybridized carbons (Fsp3) is 0.250. The Bertz CT molecular complexity index is 258. The second-order valence-corrected chi connectivity index (χ2v) is 1.56. The summed E-state index contributed by atoms with van der Waals surface area (Å²) in [6, 6.07) is 0. The molecular formula is C4H4N4O. The zero-order valence-electron chi connectivity index (χ0n) is 4.77. The predicted molar refractivity (Wildman–Crippen MR) is 27.4 cm³/mol. The first-order chi connectivity index (χ1) is 4.25. The van der Waals surface area contributed by atoms with Gasteiger partial charge in [-0.25, -0.2) is 0 Å². The van der Waals surface area contributed by atoms with Crippen LogP contribution in [0.3, 0.4) is 0 Å². The molecule has 0 amide bonds. The molecule has 9 heavy (non-hydrogen) atoms. The van der Waals surface area contributed by atoms with Crippen LogP contribution in [0.2, 0.25) is 0 Å². The van der Waals surface area contributed by atoms with Gasteiger partial charge in [-0.2, -0.15) is 5.10 Å². The highest BCUT2D eigenvalue weighted by molar-refractivity contribution is 5.49. The van der Waals surface area contributed by atoms with E-state index in [9.17, 15) is 5.11 Å². The van der Waals surface area contributed by atoms with E-state index in [1.807, 2.05) is 0 Å². The fourth-order valence-corrected chi connectivity index (χ4v) is 0.483. The first-order valence-electron chi connectivity index (χ1n) is 2.30. The van der Waals surface area contributed by atoms with Crippen molar-refractivity contribution >= 4 is 5.69 Å². The minimum atomic E-state index is -0.391. The van der Waals surface area contributed by atoms with E-state index in [0.29, 0.717) is 0 Å².